The minimum absolute atomic E-state index is 0.0878. The maximum Gasteiger partial charge on any atom is 0.306 e. The van der Waals surface area contributed by atoms with Crippen molar-refractivity contribution < 1.29 is 26.9 Å². The minimum atomic E-state index is -3.65. The van der Waals surface area contributed by atoms with Gasteiger partial charge in [0.05, 0.1) is 18.9 Å². The molecule has 6 nitrogen and oxygen atoms in total. The van der Waals surface area contributed by atoms with Crippen molar-refractivity contribution >= 4 is 22.0 Å². The van der Waals surface area contributed by atoms with Gasteiger partial charge in [0.15, 0.2) is 5.76 Å². The van der Waals surface area contributed by atoms with Crippen molar-refractivity contribution in [3.63, 3.8) is 0 Å². The number of benzene rings is 2. The van der Waals surface area contributed by atoms with Gasteiger partial charge in [-0.1, -0.05) is 30.4 Å². The fourth-order valence-corrected chi connectivity index (χ4v) is 2.91. The van der Waals surface area contributed by atoms with Crippen LogP contribution in [-0.2, 0) is 10.1 Å². The molecule has 134 valence electrons. The Morgan fingerprint density at radius 3 is 2.62 bits per heavy atom. The number of hydrogen-bond acceptors (Lipinski definition) is 6. The molecule has 0 saturated heterocycles. The summed E-state index contributed by atoms with van der Waals surface area (Å²) in [7, 11) is -2.07. The second-order valence-corrected chi connectivity index (χ2v) is 7.08. The summed E-state index contributed by atoms with van der Waals surface area (Å²) in [6, 6.07) is 11.7. The van der Waals surface area contributed by atoms with Gasteiger partial charge in [0.25, 0.3) is 0 Å². The first-order valence-electron chi connectivity index (χ1n) is 7.65. The molecule has 0 aromatic heterocycles. The standard InChI is InChI=1S/C19H16O6S/c1-23-16-8-4-3-6-13(16)7-5-9-17-19(20)15-11-10-14(12-18(15)24-17)25-26(2,21)22/h3-12H,1-2H3. The quantitative estimate of drug-likeness (QED) is 0.592. The van der Waals surface area contributed by atoms with Crippen LogP contribution in [-0.4, -0.2) is 27.6 Å². The van der Waals surface area contributed by atoms with Gasteiger partial charge in [0, 0.05) is 11.6 Å². The predicted molar refractivity (Wildman–Crippen MR) is 97.0 cm³/mol. The number of ether oxygens (including phenoxy) is 2. The van der Waals surface area contributed by atoms with Crippen LogP contribution in [0.15, 0.2) is 60.4 Å². The van der Waals surface area contributed by atoms with Crippen LogP contribution in [0.5, 0.6) is 17.2 Å². The van der Waals surface area contributed by atoms with Gasteiger partial charge in [0.1, 0.15) is 17.2 Å². The summed E-state index contributed by atoms with van der Waals surface area (Å²) in [5.74, 6) is 0.919. The van der Waals surface area contributed by atoms with Crippen molar-refractivity contribution in [2.24, 2.45) is 0 Å². The molecule has 0 fully saturated rings. The highest BCUT2D eigenvalue weighted by Gasteiger charge is 2.27. The van der Waals surface area contributed by atoms with Gasteiger partial charge >= 0.3 is 10.1 Å². The lowest BCUT2D eigenvalue weighted by atomic mass is 10.1. The predicted octanol–water partition coefficient (Wildman–Crippen LogP) is 3.21. The lowest BCUT2D eigenvalue weighted by Gasteiger charge is -2.03. The van der Waals surface area contributed by atoms with Crippen LogP contribution in [0.25, 0.3) is 6.08 Å². The number of fused-ring (bicyclic) bond motifs is 1. The molecule has 0 N–H and O–H groups in total. The summed E-state index contributed by atoms with van der Waals surface area (Å²) in [6.07, 6.45) is 5.97. The number of ketones is 1. The molecule has 2 aromatic rings. The Kier molecular flexibility index (Phi) is 4.81. The second kappa shape index (κ2) is 7.05. The molecular formula is C19H16O6S. The van der Waals surface area contributed by atoms with Gasteiger partial charge in [-0.15, -0.1) is 0 Å². The Hall–Kier alpha value is -3.06. The van der Waals surface area contributed by atoms with E-state index in [4.69, 9.17) is 13.7 Å². The number of allylic oxidation sites excluding steroid dienone is 3. The maximum atomic E-state index is 12.3. The van der Waals surface area contributed by atoms with Crippen LogP contribution in [0.4, 0.5) is 0 Å². The van der Waals surface area contributed by atoms with Crippen molar-refractivity contribution in [2.45, 2.75) is 0 Å². The molecule has 3 rings (SSSR count). The van der Waals surface area contributed by atoms with E-state index in [1.54, 1.807) is 25.3 Å². The molecule has 0 amide bonds. The molecule has 1 heterocycles. The molecule has 1 aliphatic rings. The van der Waals surface area contributed by atoms with Crippen LogP contribution in [0.1, 0.15) is 15.9 Å². The van der Waals surface area contributed by atoms with Crippen LogP contribution in [0, 0.1) is 0 Å². The molecule has 0 aliphatic carbocycles. The normalized spacial score (nSPS) is 15.2. The van der Waals surface area contributed by atoms with E-state index in [-0.39, 0.29) is 23.0 Å². The smallest absolute Gasteiger partial charge is 0.306 e. The van der Waals surface area contributed by atoms with Crippen molar-refractivity contribution in [2.75, 3.05) is 13.4 Å². The first-order chi connectivity index (χ1) is 12.4. The van der Waals surface area contributed by atoms with E-state index in [1.165, 1.54) is 18.2 Å². The summed E-state index contributed by atoms with van der Waals surface area (Å²) in [5, 5.41) is 0. The Morgan fingerprint density at radius 2 is 1.88 bits per heavy atom. The number of rotatable bonds is 5. The summed E-state index contributed by atoms with van der Waals surface area (Å²) >= 11 is 0. The van der Waals surface area contributed by atoms with Crippen LogP contribution >= 0.6 is 0 Å². The van der Waals surface area contributed by atoms with E-state index in [0.717, 1.165) is 11.8 Å². The third-order valence-corrected chi connectivity index (χ3v) is 4.05. The largest absolute Gasteiger partial charge is 0.496 e. The Bertz CT molecular complexity index is 1020. The van der Waals surface area contributed by atoms with E-state index in [1.807, 2.05) is 24.3 Å². The van der Waals surface area contributed by atoms with E-state index < -0.39 is 10.1 Å². The number of methoxy groups -OCH3 is 1. The molecule has 1 aliphatic heterocycles. The lowest BCUT2D eigenvalue weighted by Crippen LogP contribution is -2.05. The van der Waals surface area contributed by atoms with Gasteiger partial charge in [-0.2, -0.15) is 8.42 Å². The van der Waals surface area contributed by atoms with Gasteiger partial charge in [-0.3, -0.25) is 4.79 Å². The molecule has 0 spiro atoms. The number of hydrogen-bond donors (Lipinski definition) is 0. The summed E-state index contributed by atoms with van der Waals surface area (Å²) in [6.45, 7) is 0. The van der Waals surface area contributed by atoms with Gasteiger partial charge in [-0.05, 0) is 24.3 Å². The average Bonchev–Trinajstić information content (AvgIpc) is 2.89. The van der Waals surface area contributed by atoms with Gasteiger partial charge < -0.3 is 13.7 Å². The molecule has 0 radical (unpaired) electrons. The fraction of sp³-hybridized carbons (Fsp3) is 0.105. The monoisotopic (exact) mass is 372 g/mol. The molecule has 2 aromatic carbocycles. The topological polar surface area (TPSA) is 78.9 Å². The Balaban J connectivity index is 1.81. The molecular weight excluding hydrogens is 356 g/mol. The van der Waals surface area contributed by atoms with Crippen LogP contribution in [0.2, 0.25) is 0 Å². The second-order valence-electron chi connectivity index (χ2n) is 5.51. The number of carbonyl (C=O) groups excluding carboxylic acids is 1. The third-order valence-electron chi connectivity index (χ3n) is 3.55. The first kappa shape index (κ1) is 17.8. The molecule has 0 saturated carbocycles. The lowest BCUT2D eigenvalue weighted by molar-refractivity contribution is 0.101. The highest BCUT2D eigenvalue weighted by Crippen LogP contribution is 2.34. The summed E-state index contributed by atoms with van der Waals surface area (Å²) in [5.41, 5.74) is 1.21. The molecule has 26 heavy (non-hydrogen) atoms. The van der Waals surface area contributed by atoms with Crippen molar-refractivity contribution in [1.29, 1.82) is 0 Å². The zero-order chi connectivity index (χ0) is 18.7. The van der Waals surface area contributed by atoms with Crippen LogP contribution < -0.4 is 13.7 Å². The highest BCUT2D eigenvalue weighted by atomic mass is 32.2. The first-order valence-corrected chi connectivity index (χ1v) is 9.46. The van der Waals surface area contributed by atoms with Crippen molar-refractivity contribution in [1.82, 2.24) is 0 Å². The number of carbonyl (C=O) groups is 1. The van der Waals surface area contributed by atoms with E-state index >= 15 is 0 Å². The molecule has 0 atom stereocenters. The third kappa shape index (κ3) is 3.94. The molecule has 7 heteroatoms. The van der Waals surface area contributed by atoms with E-state index in [0.29, 0.717) is 11.3 Å². The SMILES string of the molecule is COc1ccccc1C=CC=C1Oc2cc(OS(C)(=O)=O)ccc2C1=O. The molecule has 0 unspecified atom stereocenters. The average molecular weight is 372 g/mol. The van der Waals surface area contributed by atoms with E-state index in [9.17, 15) is 13.2 Å². The summed E-state index contributed by atoms with van der Waals surface area (Å²) < 4.78 is 38.0. The van der Waals surface area contributed by atoms with Gasteiger partial charge in [-0.25, -0.2) is 0 Å². The number of Topliss-reactive ketones (excluding diaryl/α,β-unsaturated/α-hetero) is 1. The fourth-order valence-electron chi connectivity index (χ4n) is 2.45. The van der Waals surface area contributed by atoms with E-state index in [2.05, 4.69) is 0 Å². The van der Waals surface area contributed by atoms with Gasteiger partial charge in [0.2, 0.25) is 5.78 Å². The Morgan fingerprint density at radius 1 is 1.12 bits per heavy atom. The van der Waals surface area contributed by atoms with Crippen molar-refractivity contribution in [3.8, 4) is 17.2 Å². The Labute approximate surface area is 151 Å². The zero-order valence-corrected chi connectivity index (χ0v) is 14.9. The summed E-state index contributed by atoms with van der Waals surface area (Å²) in [4.78, 5) is 12.3. The molecule has 0 bridgehead atoms. The van der Waals surface area contributed by atoms with Crippen molar-refractivity contribution in [3.05, 3.63) is 71.5 Å². The highest BCUT2D eigenvalue weighted by molar-refractivity contribution is 7.86. The minimum Gasteiger partial charge on any atom is -0.496 e. The maximum absolute atomic E-state index is 12.3. The zero-order valence-electron chi connectivity index (χ0n) is 14.1. The number of para-hydroxylation sites is 1. The van der Waals surface area contributed by atoms with Crippen LogP contribution in [0.3, 0.4) is 0 Å².